The molecule has 1 rings (SSSR count). The number of thioether (sulfide) groups is 1. The molecule has 4 nitrogen and oxygen atoms in total. The van der Waals surface area contributed by atoms with Gasteiger partial charge in [-0.1, -0.05) is 13.8 Å². The molecule has 1 heterocycles. The molecule has 2 unspecified atom stereocenters. The minimum Gasteiger partial charge on any atom is -0.480 e. The van der Waals surface area contributed by atoms with E-state index in [9.17, 15) is 4.79 Å². The Morgan fingerprint density at radius 1 is 1.62 bits per heavy atom. The molecule has 16 heavy (non-hydrogen) atoms. The van der Waals surface area contributed by atoms with Gasteiger partial charge >= 0.3 is 5.97 Å². The van der Waals surface area contributed by atoms with Crippen LogP contribution in [0.1, 0.15) is 26.7 Å². The van der Waals surface area contributed by atoms with Crippen molar-refractivity contribution in [3.05, 3.63) is 0 Å². The first-order chi connectivity index (χ1) is 7.59. The molecular formula is C11H21NO3S. The summed E-state index contributed by atoms with van der Waals surface area (Å²) in [6.07, 6.45) is 2.58. The fraction of sp³-hybridized carbons (Fsp3) is 0.909. The Labute approximate surface area is 101 Å². The molecule has 1 fully saturated rings. The van der Waals surface area contributed by atoms with Gasteiger partial charge in [-0.15, -0.1) is 0 Å². The summed E-state index contributed by atoms with van der Waals surface area (Å²) in [6, 6.07) is -0.254. The average Bonchev–Trinajstić information content (AvgIpc) is 2.68. The van der Waals surface area contributed by atoms with Gasteiger partial charge in [0.15, 0.2) is 0 Å². The fourth-order valence-corrected chi connectivity index (χ4v) is 2.82. The van der Waals surface area contributed by atoms with Crippen molar-refractivity contribution < 1.29 is 14.6 Å². The first kappa shape index (κ1) is 13.8. The molecule has 0 aromatic rings. The summed E-state index contributed by atoms with van der Waals surface area (Å²) in [5.74, 6) is 0.741. The van der Waals surface area contributed by atoms with Crippen molar-refractivity contribution in [2.45, 2.75) is 44.9 Å². The third kappa shape index (κ3) is 5.18. The van der Waals surface area contributed by atoms with Crippen LogP contribution in [-0.4, -0.2) is 47.4 Å². The number of carboxylic acids is 1. The van der Waals surface area contributed by atoms with Crippen molar-refractivity contribution in [2.75, 3.05) is 18.1 Å². The predicted molar refractivity (Wildman–Crippen MR) is 66.0 cm³/mol. The maximum Gasteiger partial charge on any atom is 0.321 e. The molecular weight excluding hydrogens is 226 g/mol. The van der Waals surface area contributed by atoms with Gasteiger partial charge in [0.1, 0.15) is 6.04 Å². The molecule has 0 radical (unpaired) electrons. The Kier molecular flexibility index (Phi) is 6.16. The zero-order valence-corrected chi connectivity index (χ0v) is 10.8. The average molecular weight is 247 g/mol. The van der Waals surface area contributed by atoms with Crippen LogP contribution < -0.4 is 5.32 Å². The molecule has 94 valence electrons. The van der Waals surface area contributed by atoms with Crippen LogP contribution in [0.3, 0.4) is 0 Å². The molecule has 1 aliphatic rings. The molecule has 5 heteroatoms. The SMILES string of the molecule is CC(C)NC(CSCC1CCCO1)C(=O)O. The molecule has 0 spiro atoms. The van der Waals surface area contributed by atoms with Gasteiger partial charge in [0.25, 0.3) is 0 Å². The minimum absolute atomic E-state index is 0.199. The number of nitrogens with one attached hydrogen (secondary N) is 1. The van der Waals surface area contributed by atoms with Crippen LogP contribution in [-0.2, 0) is 9.53 Å². The van der Waals surface area contributed by atoms with Crippen molar-refractivity contribution in [1.29, 1.82) is 0 Å². The minimum atomic E-state index is -0.770. The second kappa shape index (κ2) is 7.14. The molecule has 0 aliphatic carbocycles. The van der Waals surface area contributed by atoms with Gasteiger partial charge in [0.05, 0.1) is 6.10 Å². The fourth-order valence-electron chi connectivity index (χ4n) is 1.69. The Morgan fingerprint density at radius 3 is 2.88 bits per heavy atom. The van der Waals surface area contributed by atoms with Crippen LogP contribution in [0.5, 0.6) is 0 Å². The van der Waals surface area contributed by atoms with Gasteiger partial charge in [-0.3, -0.25) is 4.79 Å². The molecule has 0 bridgehead atoms. The second-order valence-electron chi connectivity index (χ2n) is 4.38. The summed E-state index contributed by atoms with van der Waals surface area (Å²) in [5.41, 5.74) is 0. The van der Waals surface area contributed by atoms with Crippen molar-refractivity contribution in [1.82, 2.24) is 5.32 Å². The van der Waals surface area contributed by atoms with Crippen molar-refractivity contribution in [2.24, 2.45) is 0 Å². The summed E-state index contributed by atoms with van der Waals surface area (Å²) in [6.45, 7) is 4.78. The van der Waals surface area contributed by atoms with Crippen LogP contribution in [0.2, 0.25) is 0 Å². The molecule has 0 aromatic heterocycles. The van der Waals surface area contributed by atoms with Crippen molar-refractivity contribution in [3.63, 3.8) is 0 Å². The van der Waals surface area contributed by atoms with E-state index in [1.165, 1.54) is 0 Å². The van der Waals surface area contributed by atoms with E-state index < -0.39 is 12.0 Å². The Bertz CT molecular complexity index is 217. The summed E-state index contributed by atoms with van der Waals surface area (Å²) in [7, 11) is 0. The van der Waals surface area contributed by atoms with Crippen molar-refractivity contribution >= 4 is 17.7 Å². The lowest BCUT2D eigenvalue weighted by Gasteiger charge is -2.17. The molecule has 0 amide bonds. The second-order valence-corrected chi connectivity index (χ2v) is 5.46. The number of hydrogen-bond donors (Lipinski definition) is 2. The highest BCUT2D eigenvalue weighted by atomic mass is 32.2. The van der Waals surface area contributed by atoms with Gasteiger partial charge in [-0.25, -0.2) is 0 Å². The molecule has 2 N–H and O–H groups in total. The Hall–Kier alpha value is -0.260. The smallest absolute Gasteiger partial charge is 0.321 e. The zero-order chi connectivity index (χ0) is 12.0. The number of carbonyl (C=O) groups is 1. The highest BCUT2D eigenvalue weighted by Gasteiger charge is 2.20. The lowest BCUT2D eigenvalue weighted by atomic mass is 10.3. The molecule has 0 saturated carbocycles. The van der Waals surface area contributed by atoms with Crippen LogP contribution >= 0.6 is 11.8 Å². The van der Waals surface area contributed by atoms with Crippen LogP contribution in [0, 0.1) is 0 Å². The van der Waals surface area contributed by atoms with E-state index in [-0.39, 0.29) is 6.04 Å². The maximum atomic E-state index is 11.0. The van der Waals surface area contributed by atoms with Crippen molar-refractivity contribution in [3.8, 4) is 0 Å². The van der Waals surface area contributed by atoms with E-state index in [4.69, 9.17) is 9.84 Å². The van der Waals surface area contributed by atoms with Gasteiger partial charge in [0, 0.05) is 24.2 Å². The summed E-state index contributed by atoms with van der Waals surface area (Å²) < 4.78 is 5.49. The number of aliphatic carboxylic acids is 1. The van der Waals surface area contributed by atoms with Crippen LogP contribution in [0.4, 0.5) is 0 Å². The quantitative estimate of drug-likeness (QED) is 0.711. The molecule has 1 aliphatic heterocycles. The number of ether oxygens (including phenoxy) is 1. The number of hydrogen-bond acceptors (Lipinski definition) is 4. The Balaban J connectivity index is 2.18. The molecule has 0 aromatic carbocycles. The van der Waals surface area contributed by atoms with Gasteiger partial charge in [-0.2, -0.15) is 11.8 Å². The lowest BCUT2D eigenvalue weighted by Crippen LogP contribution is -2.42. The van der Waals surface area contributed by atoms with Gasteiger partial charge < -0.3 is 15.2 Å². The largest absolute Gasteiger partial charge is 0.480 e. The topological polar surface area (TPSA) is 58.6 Å². The first-order valence-corrected chi connectivity index (χ1v) is 6.93. The third-order valence-corrected chi connectivity index (χ3v) is 3.62. The molecule has 1 saturated heterocycles. The first-order valence-electron chi connectivity index (χ1n) is 5.77. The van der Waals surface area contributed by atoms with E-state index in [2.05, 4.69) is 5.32 Å². The summed E-state index contributed by atoms with van der Waals surface area (Å²) in [4.78, 5) is 11.0. The van der Waals surface area contributed by atoms with E-state index >= 15 is 0 Å². The third-order valence-electron chi connectivity index (χ3n) is 2.44. The van der Waals surface area contributed by atoms with E-state index in [1.54, 1.807) is 11.8 Å². The van der Waals surface area contributed by atoms with Crippen LogP contribution in [0.15, 0.2) is 0 Å². The number of rotatable bonds is 7. The normalized spacial score (nSPS) is 22.6. The van der Waals surface area contributed by atoms with Crippen LogP contribution in [0.25, 0.3) is 0 Å². The van der Waals surface area contributed by atoms with E-state index in [0.717, 1.165) is 25.2 Å². The van der Waals surface area contributed by atoms with Gasteiger partial charge in [-0.05, 0) is 12.8 Å². The van der Waals surface area contributed by atoms with Gasteiger partial charge in [0.2, 0.25) is 0 Å². The summed E-state index contributed by atoms with van der Waals surface area (Å²) >= 11 is 1.66. The number of carboxylic acid groups (broad SMARTS) is 1. The highest BCUT2D eigenvalue weighted by Crippen LogP contribution is 2.17. The zero-order valence-electron chi connectivity index (χ0n) is 9.94. The molecule has 2 atom stereocenters. The lowest BCUT2D eigenvalue weighted by molar-refractivity contribution is -0.139. The summed E-state index contributed by atoms with van der Waals surface area (Å²) in [5, 5.41) is 12.1. The maximum absolute atomic E-state index is 11.0. The predicted octanol–water partition coefficient (Wildman–Crippen LogP) is 1.35. The standard InChI is InChI=1S/C11H21NO3S/c1-8(2)12-10(11(13)14)7-16-6-9-4-3-5-15-9/h8-10,12H,3-7H2,1-2H3,(H,13,14). The van der Waals surface area contributed by atoms with E-state index in [0.29, 0.717) is 11.9 Å². The highest BCUT2D eigenvalue weighted by molar-refractivity contribution is 7.99. The van der Waals surface area contributed by atoms with E-state index in [1.807, 2.05) is 13.8 Å². The monoisotopic (exact) mass is 247 g/mol. The Morgan fingerprint density at radius 2 is 2.38 bits per heavy atom.